The zero-order valence-corrected chi connectivity index (χ0v) is 13.0. The molecule has 2 aromatic carbocycles. The maximum atomic E-state index is 14.0. The zero-order valence-electron chi connectivity index (χ0n) is 13.0. The summed E-state index contributed by atoms with van der Waals surface area (Å²) in [6.45, 7) is 0. The first-order valence-corrected chi connectivity index (χ1v) is 7.74. The lowest BCUT2D eigenvalue weighted by Crippen LogP contribution is -2.52. The van der Waals surface area contributed by atoms with Crippen LogP contribution >= 0.6 is 0 Å². The molecule has 6 heteroatoms. The highest BCUT2D eigenvalue weighted by molar-refractivity contribution is 5.94. The predicted octanol–water partition coefficient (Wildman–Crippen LogP) is 3.13. The van der Waals surface area contributed by atoms with Crippen LogP contribution in [0.2, 0.25) is 0 Å². The number of amides is 3. The number of rotatable bonds is 4. The van der Waals surface area contributed by atoms with Crippen LogP contribution in [-0.2, 0) is 5.54 Å². The van der Waals surface area contributed by atoms with Crippen LogP contribution in [0.4, 0.5) is 14.9 Å². The summed E-state index contributed by atoms with van der Waals surface area (Å²) in [6.07, 6.45) is 2.71. The first-order valence-electron chi connectivity index (χ1n) is 7.74. The number of halogens is 1. The molecule has 1 aliphatic rings. The lowest BCUT2D eigenvalue weighted by molar-refractivity contribution is 0.1000. The van der Waals surface area contributed by atoms with Gasteiger partial charge in [-0.05, 0) is 43.0 Å². The van der Waals surface area contributed by atoms with E-state index in [1.54, 1.807) is 0 Å². The van der Waals surface area contributed by atoms with Gasteiger partial charge in [0, 0.05) is 5.56 Å². The Morgan fingerprint density at radius 1 is 1.08 bits per heavy atom. The van der Waals surface area contributed by atoms with Crippen molar-refractivity contribution in [3.05, 3.63) is 65.5 Å². The van der Waals surface area contributed by atoms with E-state index >= 15 is 0 Å². The topological polar surface area (TPSA) is 84.2 Å². The summed E-state index contributed by atoms with van der Waals surface area (Å²) in [6, 6.07) is 12.9. The smallest absolute Gasteiger partial charge is 0.320 e. The van der Waals surface area contributed by atoms with Crippen LogP contribution in [0.15, 0.2) is 48.5 Å². The standard InChI is InChI=1S/C18H18FN3O2/c19-14-11-12(16(20)23)7-8-15(14)21-17(24)22-18(9-4-10-18)13-5-2-1-3-6-13/h1-3,5-8,11H,4,9-10H2,(H2,20,23)(H2,21,22,24). The predicted molar refractivity (Wildman–Crippen MR) is 89.0 cm³/mol. The molecule has 0 atom stereocenters. The highest BCUT2D eigenvalue weighted by atomic mass is 19.1. The van der Waals surface area contributed by atoms with Gasteiger partial charge >= 0.3 is 6.03 Å². The van der Waals surface area contributed by atoms with E-state index in [4.69, 9.17) is 5.73 Å². The molecule has 0 unspecified atom stereocenters. The number of primary amides is 1. The minimum atomic E-state index is -0.720. The number of hydrogen-bond acceptors (Lipinski definition) is 2. The fraction of sp³-hybridized carbons (Fsp3) is 0.222. The zero-order chi connectivity index (χ0) is 17.2. The Morgan fingerprint density at radius 2 is 1.79 bits per heavy atom. The van der Waals surface area contributed by atoms with Crippen molar-refractivity contribution in [1.82, 2.24) is 5.32 Å². The van der Waals surface area contributed by atoms with Gasteiger partial charge in [-0.1, -0.05) is 30.3 Å². The Labute approximate surface area is 139 Å². The van der Waals surface area contributed by atoms with Crippen molar-refractivity contribution in [3.8, 4) is 0 Å². The number of nitrogens with one attached hydrogen (secondary N) is 2. The van der Waals surface area contributed by atoms with Crippen molar-refractivity contribution in [2.45, 2.75) is 24.8 Å². The highest BCUT2D eigenvalue weighted by Gasteiger charge is 2.40. The van der Waals surface area contributed by atoms with E-state index in [2.05, 4.69) is 10.6 Å². The molecule has 1 saturated carbocycles. The van der Waals surface area contributed by atoms with Gasteiger partial charge in [0.15, 0.2) is 0 Å². The Kier molecular flexibility index (Phi) is 4.20. The molecule has 4 N–H and O–H groups in total. The summed E-state index contributed by atoms with van der Waals surface area (Å²) in [5, 5.41) is 5.44. The van der Waals surface area contributed by atoms with Crippen molar-refractivity contribution in [2.24, 2.45) is 5.73 Å². The summed E-state index contributed by atoms with van der Waals surface area (Å²) < 4.78 is 14.0. The molecule has 1 fully saturated rings. The Balaban J connectivity index is 1.73. The van der Waals surface area contributed by atoms with Gasteiger partial charge in [-0.25, -0.2) is 9.18 Å². The van der Waals surface area contributed by atoms with Gasteiger partial charge in [-0.3, -0.25) is 4.79 Å². The first-order chi connectivity index (χ1) is 11.5. The average Bonchev–Trinajstić information content (AvgIpc) is 2.53. The molecule has 0 heterocycles. The number of urea groups is 1. The van der Waals surface area contributed by atoms with E-state index < -0.39 is 23.3 Å². The first kappa shape index (κ1) is 16.0. The number of hydrogen-bond donors (Lipinski definition) is 3. The Morgan fingerprint density at radius 3 is 2.33 bits per heavy atom. The van der Waals surface area contributed by atoms with Crippen molar-refractivity contribution >= 4 is 17.6 Å². The van der Waals surface area contributed by atoms with Crippen molar-refractivity contribution in [3.63, 3.8) is 0 Å². The van der Waals surface area contributed by atoms with Crippen LogP contribution in [0.3, 0.4) is 0 Å². The van der Waals surface area contributed by atoms with Gasteiger partial charge in [0.2, 0.25) is 5.91 Å². The van der Waals surface area contributed by atoms with E-state index in [0.717, 1.165) is 30.9 Å². The molecule has 0 aromatic heterocycles. The molecule has 3 amide bonds. The lowest BCUT2D eigenvalue weighted by Gasteiger charge is -2.43. The molecule has 124 valence electrons. The minimum Gasteiger partial charge on any atom is -0.366 e. The molecule has 0 saturated heterocycles. The second kappa shape index (κ2) is 6.31. The summed E-state index contributed by atoms with van der Waals surface area (Å²) in [5.41, 5.74) is 5.79. The summed E-state index contributed by atoms with van der Waals surface area (Å²) in [4.78, 5) is 23.3. The SMILES string of the molecule is NC(=O)c1ccc(NC(=O)NC2(c3ccccc3)CCC2)c(F)c1. The van der Waals surface area contributed by atoms with Crippen LogP contribution in [0, 0.1) is 5.82 Å². The number of nitrogens with two attached hydrogens (primary N) is 1. The molecular formula is C18H18FN3O2. The molecule has 5 nitrogen and oxygen atoms in total. The molecule has 0 spiro atoms. The quantitative estimate of drug-likeness (QED) is 0.806. The highest BCUT2D eigenvalue weighted by Crippen LogP contribution is 2.41. The van der Waals surface area contributed by atoms with Crippen molar-refractivity contribution in [1.29, 1.82) is 0 Å². The molecule has 0 aliphatic heterocycles. The summed E-state index contributed by atoms with van der Waals surface area (Å²) in [5.74, 6) is -1.42. The number of benzene rings is 2. The third kappa shape index (κ3) is 3.08. The van der Waals surface area contributed by atoms with Gasteiger partial charge in [-0.15, -0.1) is 0 Å². The van der Waals surface area contributed by atoms with Crippen LogP contribution in [-0.4, -0.2) is 11.9 Å². The minimum absolute atomic E-state index is 0.0000325. The van der Waals surface area contributed by atoms with Crippen molar-refractivity contribution < 1.29 is 14.0 Å². The molecular weight excluding hydrogens is 309 g/mol. The van der Waals surface area contributed by atoms with E-state index in [-0.39, 0.29) is 11.3 Å². The van der Waals surface area contributed by atoms with Crippen LogP contribution in [0.1, 0.15) is 35.2 Å². The van der Waals surface area contributed by atoms with Crippen molar-refractivity contribution in [2.75, 3.05) is 5.32 Å². The van der Waals surface area contributed by atoms with E-state index in [1.165, 1.54) is 12.1 Å². The normalized spacial score (nSPS) is 15.2. The molecule has 24 heavy (non-hydrogen) atoms. The fourth-order valence-corrected chi connectivity index (χ4v) is 2.91. The molecule has 1 aliphatic carbocycles. The average molecular weight is 327 g/mol. The van der Waals surface area contributed by atoms with Crippen LogP contribution in [0.5, 0.6) is 0 Å². The van der Waals surface area contributed by atoms with Gasteiger partial charge < -0.3 is 16.4 Å². The fourth-order valence-electron chi connectivity index (χ4n) is 2.91. The van der Waals surface area contributed by atoms with Gasteiger partial charge in [0.1, 0.15) is 5.82 Å². The molecule has 2 aromatic rings. The van der Waals surface area contributed by atoms with Gasteiger partial charge in [-0.2, -0.15) is 0 Å². The molecule has 3 rings (SSSR count). The summed E-state index contributed by atoms with van der Waals surface area (Å²) >= 11 is 0. The van der Waals surface area contributed by atoms with Gasteiger partial charge in [0.25, 0.3) is 0 Å². The maximum absolute atomic E-state index is 14.0. The number of anilines is 1. The summed E-state index contributed by atoms with van der Waals surface area (Å²) in [7, 11) is 0. The Bertz CT molecular complexity index is 773. The van der Waals surface area contributed by atoms with E-state index in [9.17, 15) is 14.0 Å². The number of carbonyl (C=O) groups excluding carboxylic acids is 2. The second-order valence-electron chi connectivity index (χ2n) is 5.94. The second-order valence-corrected chi connectivity index (χ2v) is 5.94. The lowest BCUT2D eigenvalue weighted by atomic mass is 9.72. The monoisotopic (exact) mass is 327 g/mol. The third-order valence-corrected chi connectivity index (χ3v) is 4.39. The third-order valence-electron chi connectivity index (χ3n) is 4.39. The molecule has 0 bridgehead atoms. The van der Waals surface area contributed by atoms with E-state index in [0.29, 0.717) is 0 Å². The maximum Gasteiger partial charge on any atom is 0.320 e. The van der Waals surface area contributed by atoms with E-state index in [1.807, 2.05) is 30.3 Å². The molecule has 0 radical (unpaired) electrons. The van der Waals surface area contributed by atoms with Crippen LogP contribution in [0.25, 0.3) is 0 Å². The van der Waals surface area contributed by atoms with Crippen LogP contribution < -0.4 is 16.4 Å². The largest absolute Gasteiger partial charge is 0.366 e. The van der Waals surface area contributed by atoms with Gasteiger partial charge in [0.05, 0.1) is 11.2 Å². The Hall–Kier alpha value is -2.89. The number of carbonyl (C=O) groups is 2.